The van der Waals surface area contributed by atoms with E-state index in [0.29, 0.717) is 42.1 Å². The van der Waals surface area contributed by atoms with Gasteiger partial charge in [-0.2, -0.15) is 0 Å². The van der Waals surface area contributed by atoms with Gasteiger partial charge in [0.15, 0.2) is 0 Å². The second-order valence-corrected chi connectivity index (χ2v) is 5.66. The molecule has 128 valence electrons. The molecule has 0 bridgehead atoms. The number of carbonyl (C=O) groups is 2. The van der Waals surface area contributed by atoms with Crippen LogP contribution >= 0.6 is 0 Å². The second kappa shape index (κ2) is 7.04. The number of nitrogens with one attached hydrogen (secondary N) is 1. The number of anilines is 1. The standard InChI is InChI=1S/C18H19N5O2/c19-16(24)13-7-8-15-14(11-13)22-18(20)23(15)10-4-9-21-17(25)12-5-2-1-3-6-12/h1-3,5-8,11H,4,9-10H2,(H2,19,24)(H2,20,22)(H,21,25). The lowest BCUT2D eigenvalue weighted by molar-refractivity contribution is 0.0951. The topological polar surface area (TPSA) is 116 Å². The first-order valence-corrected chi connectivity index (χ1v) is 7.95. The predicted octanol–water partition coefficient (Wildman–Crippen LogP) is 1.54. The maximum absolute atomic E-state index is 12.0. The van der Waals surface area contributed by atoms with Crippen LogP contribution in [0.25, 0.3) is 11.0 Å². The van der Waals surface area contributed by atoms with Gasteiger partial charge in [-0.3, -0.25) is 9.59 Å². The highest BCUT2D eigenvalue weighted by Crippen LogP contribution is 2.19. The number of hydrogen-bond acceptors (Lipinski definition) is 4. The number of fused-ring (bicyclic) bond motifs is 1. The first kappa shape index (κ1) is 16.5. The molecule has 3 rings (SSSR count). The fourth-order valence-corrected chi connectivity index (χ4v) is 2.67. The van der Waals surface area contributed by atoms with E-state index in [-0.39, 0.29) is 5.91 Å². The van der Waals surface area contributed by atoms with Gasteiger partial charge in [0.1, 0.15) is 0 Å². The Bertz CT molecular complexity index is 918. The van der Waals surface area contributed by atoms with Gasteiger partial charge in [0.05, 0.1) is 11.0 Å². The van der Waals surface area contributed by atoms with E-state index in [1.54, 1.807) is 30.3 Å². The summed E-state index contributed by atoms with van der Waals surface area (Å²) in [4.78, 5) is 27.5. The number of hydrogen-bond donors (Lipinski definition) is 3. The highest BCUT2D eigenvalue weighted by molar-refractivity contribution is 5.96. The third-order valence-corrected chi connectivity index (χ3v) is 3.94. The summed E-state index contributed by atoms with van der Waals surface area (Å²) in [5.74, 6) is -0.236. The summed E-state index contributed by atoms with van der Waals surface area (Å²) in [7, 11) is 0. The van der Waals surface area contributed by atoms with Crippen molar-refractivity contribution in [3.8, 4) is 0 Å². The van der Waals surface area contributed by atoms with Gasteiger partial charge in [0.2, 0.25) is 11.9 Å². The molecule has 2 amide bonds. The molecule has 7 nitrogen and oxygen atoms in total. The molecule has 0 spiro atoms. The van der Waals surface area contributed by atoms with Crippen molar-refractivity contribution in [1.82, 2.24) is 14.9 Å². The lowest BCUT2D eigenvalue weighted by atomic mass is 10.2. The number of amides is 2. The number of nitrogens with two attached hydrogens (primary N) is 2. The number of nitrogens with zero attached hydrogens (tertiary/aromatic N) is 2. The highest BCUT2D eigenvalue weighted by atomic mass is 16.2. The summed E-state index contributed by atoms with van der Waals surface area (Å²) < 4.78 is 1.86. The van der Waals surface area contributed by atoms with Crippen LogP contribution in [0.2, 0.25) is 0 Å². The van der Waals surface area contributed by atoms with E-state index >= 15 is 0 Å². The van der Waals surface area contributed by atoms with Gasteiger partial charge >= 0.3 is 0 Å². The fraction of sp³-hybridized carbons (Fsp3) is 0.167. The van der Waals surface area contributed by atoms with Crippen LogP contribution in [0.4, 0.5) is 5.95 Å². The van der Waals surface area contributed by atoms with Crippen LogP contribution < -0.4 is 16.8 Å². The summed E-state index contributed by atoms with van der Waals surface area (Å²) >= 11 is 0. The van der Waals surface area contributed by atoms with E-state index in [9.17, 15) is 9.59 Å². The van der Waals surface area contributed by atoms with Crippen molar-refractivity contribution in [3.63, 3.8) is 0 Å². The monoisotopic (exact) mass is 337 g/mol. The number of aromatic nitrogens is 2. The molecule has 7 heteroatoms. The number of benzene rings is 2. The molecular formula is C18H19N5O2. The average molecular weight is 337 g/mol. The Morgan fingerprint density at radius 2 is 1.84 bits per heavy atom. The van der Waals surface area contributed by atoms with Crippen LogP contribution in [0.5, 0.6) is 0 Å². The molecule has 5 N–H and O–H groups in total. The minimum absolute atomic E-state index is 0.102. The third kappa shape index (κ3) is 3.60. The molecule has 0 fully saturated rings. The first-order valence-electron chi connectivity index (χ1n) is 7.95. The van der Waals surface area contributed by atoms with E-state index in [4.69, 9.17) is 11.5 Å². The predicted molar refractivity (Wildman–Crippen MR) is 96.1 cm³/mol. The lowest BCUT2D eigenvalue weighted by Gasteiger charge is -2.08. The quantitative estimate of drug-likeness (QED) is 0.592. The zero-order chi connectivity index (χ0) is 17.8. The maximum Gasteiger partial charge on any atom is 0.251 e. The van der Waals surface area contributed by atoms with Crippen molar-refractivity contribution < 1.29 is 9.59 Å². The summed E-state index contributed by atoms with van der Waals surface area (Å²) in [6, 6.07) is 14.1. The Morgan fingerprint density at radius 1 is 1.08 bits per heavy atom. The Morgan fingerprint density at radius 3 is 2.56 bits per heavy atom. The van der Waals surface area contributed by atoms with Crippen LogP contribution in [0.15, 0.2) is 48.5 Å². The number of primary amides is 1. The van der Waals surface area contributed by atoms with Gasteiger partial charge in [-0.1, -0.05) is 18.2 Å². The van der Waals surface area contributed by atoms with E-state index in [2.05, 4.69) is 10.3 Å². The summed E-state index contributed by atoms with van der Waals surface area (Å²) in [5.41, 5.74) is 13.7. The second-order valence-electron chi connectivity index (χ2n) is 5.66. The van der Waals surface area contributed by atoms with Crippen molar-refractivity contribution in [2.24, 2.45) is 5.73 Å². The van der Waals surface area contributed by atoms with Gasteiger partial charge in [0, 0.05) is 24.2 Å². The molecule has 25 heavy (non-hydrogen) atoms. The first-order chi connectivity index (χ1) is 12.1. The van der Waals surface area contributed by atoms with Crippen molar-refractivity contribution >= 4 is 28.8 Å². The Balaban J connectivity index is 1.62. The summed E-state index contributed by atoms with van der Waals surface area (Å²) in [5, 5.41) is 2.88. The third-order valence-electron chi connectivity index (χ3n) is 3.94. The van der Waals surface area contributed by atoms with Crippen molar-refractivity contribution in [2.75, 3.05) is 12.3 Å². The highest BCUT2D eigenvalue weighted by Gasteiger charge is 2.10. The molecule has 1 aromatic heterocycles. The van der Waals surface area contributed by atoms with Crippen LogP contribution in [-0.2, 0) is 6.54 Å². The minimum atomic E-state index is -0.501. The molecule has 0 aliphatic rings. The molecule has 0 atom stereocenters. The molecule has 0 saturated heterocycles. The van der Waals surface area contributed by atoms with Crippen LogP contribution in [0.3, 0.4) is 0 Å². The Hall–Kier alpha value is -3.35. The van der Waals surface area contributed by atoms with Gasteiger partial charge < -0.3 is 21.4 Å². The maximum atomic E-state index is 12.0. The molecule has 2 aromatic carbocycles. The number of rotatable bonds is 6. The van der Waals surface area contributed by atoms with Crippen molar-refractivity contribution in [2.45, 2.75) is 13.0 Å². The average Bonchev–Trinajstić information content (AvgIpc) is 2.93. The molecule has 0 aliphatic carbocycles. The molecule has 3 aromatic rings. The molecule has 0 unspecified atom stereocenters. The number of aryl methyl sites for hydroxylation is 1. The van der Waals surface area contributed by atoms with Crippen LogP contribution in [0, 0.1) is 0 Å². The molecular weight excluding hydrogens is 318 g/mol. The van der Waals surface area contributed by atoms with Crippen LogP contribution in [0.1, 0.15) is 27.1 Å². The van der Waals surface area contributed by atoms with Gasteiger partial charge in [-0.05, 0) is 36.8 Å². The minimum Gasteiger partial charge on any atom is -0.369 e. The Labute approximate surface area is 144 Å². The van der Waals surface area contributed by atoms with Gasteiger partial charge in [-0.15, -0.1) is 0 Å². The van der Waals surface area contributed by atoms with Crippen molar-refractivity contribution in [1.29, 1.82) is 0 Å². The van der Waals surface area contributed by atoms with Crippen LogP contribution in [-0.4, -0.2) is 27.9 Å². The van der Waals surface area contributed by atoms with Gasteiger partial charge in [-0.25, -0.2) is 4.98 Å². The lowest BCUT2D eigenvalue weighted by Crippen LogP contribution is -2.25. The zero-order valence-electron chi connectivity index (χ0n) is 13.6. The summed E-state index contributed by atoms with van der Waals surface area (Å²) in [6.07, 6.45) is 0.700. The molecule has 0 radical (unpaired) electrons. The largest absolute Gasteiger partial charge is 0.369 e. The normalized spacial score (nSPS) is 10.7. The molecule has 0 saturated carbocycles. The smallest absolute Gasteiger partial charge is 0.251 e. The molecule has 0 aliphatic heterocycles. The van der Waals surface area contributed by atoms with E-state index < -0.39 is 5.91 Å². The number of nitrogen functional groups attached to an aromatic ring is 1. The summed E-state index contributed by atoms with van der Waals surface area (Å²) in [6.45, 7) is 1.12. The van der Waals surface area contributed by atoms with Crippen molar-refractivity contribution in [3.05, 3.63) is 59.7 Å². The number of carbonyl (C=O) groups excluding carboxylic acids is 2. The fourth-order valence-electron chi connectivity index (χ4n) is 2.67. The van der Waals surface area contributed by atoms with E-state index in [0.717, 1.165) is 5.52 Å². The Kier molecular flexibility index (Phi) is 4.65. The SMILES string of the molecule is NC(=O)c1ccc2c(c1)nc(N)n2CCCNC(=O)c1ccccc1. The van der Waals surface area contributed by atoms with E-state index in [1.165, 1.54) is 0 Å². The zero-order valence-corrected chi connectivity index (χ0v) is 13.6. The van der Waals surface area contributed by atoms with Gasteiger partial charge in [0.25, 0.3) is 5.91 Å². The molecule has 1 heterocycles. The van der Waals surface area contributed by atoms with E-state index in [1.807, 2.05) is 22.8 Å². The number of imidazole rings is 1.